The van der Waals surface area contributed by atoms with E-state index in [1.54, 1.807) is 32.4 Å². The van der Waals surface area contributed by atoms with E-state index in [-0.39, 0.29) is 27.4 Å². The van der Waals surface area contributed by atoms with Crippen LogP contribution in [0.15, 0.2) is 69.0 Å². The average Bonchev–Trinajstić information content (AvgIpc) is 3.64. The summed E-state index contributed by atoms with van der Waals surface area (Å²) in [5.41, 5.74) is 0.781. The molecule has 0 N–H and O–H groups in total. The maximum absolute atomic E-state index is 13.7. The Kier molecular flexibility index (Phi) is 8.15. The van der Waals surface area contributed by atoms with Crippen molar-refractivity contribution in [1.82, 2.24) is 9.29 Å². The molecule has 5 rings (SSSR count). The molecule has 1 aliphatic rings. The Morgan fingerprint density at radius 1 is 1.15 bits per heavy atom. The molecule has 214 valence electrons. The SMILES string of the molecule is COc1ccc2nc(N(/N=C/c3ccc([N+](=O)[O-])o3)C(=O)c3ccc(S(=O)(=O)N(C)C4CCCCC4)cc3)sc2c1. The predicted octanol–water partition coefficient (Wildman–Crippen LogP) is 5.44. The second-order valence-electron chi connectivity index (χ2n) is 9.46. The number of nitrogens with zero attached hydrogens (tertiary/aromatic N) is 5. The number of aromatic nitrogens is 1. The lowest BCUT2D eigenvalue weighted by Gasteiger charge is -2.30. The number of anilines is 1. The van der Waals surface area contributed by atoms with Crippen molar-refractivity contribution >= 4 is 54.7 Å². The van der Waals surface area contributed by atoms with Crippen LogP contribution in [-0.2, 0) is 10.0 Å². The van der Waals surface area contributed by atoms with E-state index in [1.165, 1.54) is 58.3 Å². The number of thiazole rings is 1. The molecule has 14 heteroatoms. The smallest absolute Gasteiger partial charge is 0.433 e. The number of ether oxygens (including phenoxy) is 1. The summed E-state index contributed by atoms with van der Waals surface area (Å²) in [5.74, 6) is -0.374. The third kappa shape index (κ3) is 5.99. The number of hydrogen-bond donors (Lipinski definition) is 0. The van der Waals surface area contributed by atoms with Crippen molar-refractivity contribution in [3.8, 4) is 5.75 Å². The first kappa shape index (κ1) is 28.4. The summed E-state index contributed by atoms with van der Waals surface area (Å²) >= 11 is 1.19. The van der Waals surface area contributed by atoms with Crippen LogP contribution in [0.25, 0.3) is 10.2 Å². The summed E-state index contributed by atoms with van der Waals surface area (Å²) in [6.45, 7) is 0. The van der Waals surface area contributed by atoms with Crippen molar-refractivity contribution in [2.24, 2.45) is 5.10 Å². The first-order chi connectivity index (χ1) is 19.7. The Labute approximate surface area is 240 Å². The number of fused-ring (bicyclic) bond motifs is 1. The van der Waals surface area contributed by atoms with Crippen molar-refractivity contribution in [3.63, 3.8) is 0 Å². The molecule has 1 aliphatic carbocycles. The number of nitro groups is 1. The zero-order valence-electron chi connectivity index (χ0n) is 22.3. The molecule has 12 nitrogen and oxygen atoms in total. The van der Waals surface area contributed by atoms with Gasteiger partial charge in [0.15, 0.2) is 5.76 Å². The summed E-state index contributed by atoms with van der Waals surface area (Å²) in [6, 6.07) is 13.4. The highest BCUT2D eigenvalue weighted by Crippen LogP contribution is 2.33. The second-order valence-corrected chi connectivity index (χ2v) is 12.5. The Morgan fingerprint density at radius 3 is 2.54 bits per heavy atom. The number of amides is 1. The van der Waals surface area contributed by atoms with Crippen molar-refractivity contribution in [3.05, 3.63) is 76.0 Å². The quantitative estimate of drug-likeness (QED) is 0.141. The molecule has 2 aromatic carbocycles. The molecule has 0 spiro atoms. The summed E-state index contributed by atoms with van der Waals surface area (Å²) < 4.78 is 39.1. The molecule has 1 amide bonds. The molecule has 0 bridgehead atoms. The van der Waals surface area contributed by atoms with Gasteiger partial charge in [-0.15, -0.1) is 0 Å². The van der Waals surface area contributed by atoms with Gasteiger partial charge in [-0.2, -0.15) is 14.4 Å². The van der Waals surface area contributed by atoms with Crippen molar-refractivity contribution in [2.45, 2.75) is 43.0 Å². The van der Waals surface area contributed by atoms with E-state index >= 15 is 0 Å². The summed E-state index contributed by atoms with van der Waals surface area (Å²) in [5, 5.41) is 16.5. The average molecular weight is 598 g/mol. The molecule has 2 aromatic heterocycles. The van der Waals surface area contributed by atoms with Crippen LogP contribution < -0.4 is 9.75 Å². The van der Waals surface area contributed by atoms with Crippen LogP contribution in [0, 0.1) is 10.1 Å². The molecule has 0 radical (unpaired) electrons. The molecule has 0 unspecified atom stereocenters. The van der Waals surface area contributed by atoms with Gasteiger partial charge in [-0.25, -0.2) is 13.4 Å². The minimum atomic E-state index is -3.74. The first-order valence-electron chi connectivity index (χ1n) is 12.8. The summed E-state index contributed by atoms with van der Waals surface area (Å²) in [7, 11) is -0.596. The number of hydrazone groups is 1. The number of benzene rings is 2. The number of furan rings is 1. The molecule has 0 aliphatic heterocycles. The summed E-state index contributed by atoms with van der Waals surface area (Å²) in [6.07, 6.45) is 5.93. The lowest BCUT2D eigenvalue weighted by molar-refractivity contribution is -0.402. The molecular weight excluding hydrogens is 570 g/mol. The van der Waals surface area contributed by atoms with Crippen LogP contribution >= 0.6 is 11.3 Å². The third-order valence-electron chi connectivity index (χ3n) is 6.92. The monoisotopic (exact) mass is 597 g/mol. The molecule has 2 heterocycles. The van der Waals surface area contributed by atoms with Crippen molar-refractivity contribution in [1.29, 1.82) is 0 Å². The fraction of sp³-hybridized carbons (Fsp3) is 0.296. The Balaban J connectivity index is 1.46. The van der Waals surface area contributed by atoms with Gasteiger partial charge in [-0.1, -0.05) is 30.6 Å². The molecule has 4 aromatic rings. The Morgan fingerprint density at radius 2 is 1.88 bits per heavy atom. The van der Waals surface area contributed by atoms with E-state index < -0.39 is 26.7 Å². The second kappa shape index (κ2) is 11.8. The molecule has 0 saturated heterocycles. The van der Waals surface area contributed by atoms with Crippen LogP contribution in [0.1, 0.15) is 48.2 Å². The number of rotatable bonds is 9. The van der Waals surface area contributed by atoms with E-state index in [1.807, 2.05) is 0 Å². The standard InChI is InChI=1S/C27H27N5O7S2/c1-30(19-6-4-3-5-7-19)41(36,37)22-12-8-18(9-13-22)26(33)31(28-17-21-11-15-25(39-21)32(34)35)27-29-23-14-10-20(38-2)16-24(23)40-27/h8-17,19H,3-7H2,1-2H3/b28-17+. The lowest BCUT2D eigenvalue weighted by atomic mass is 9.96. The van der Waals surface area contributed by atoms with Gasteiger partial charge in [-0.05, 0) is 61.4 Å². The van der Waals surface area contributed by atoms with Gasteiger partial charge in [0.2, 0.25) is 15.2 Å². The Hall–Kier alpha value is -4.14. The highest BCUT2D eigenvalue weighted by Gasteiger charge is 2.29. The fourth-order valence-corrected chi connectivity index (χ4v) is 6.99. The minimum Gasteiger partial charge on any atom is -0.497 e. The Bertz CT molecular complexity index is 1710. The van der Waals surface area contributed by atoms with Gasteiger partial charge in [0.05, 0.1) is 34.5 Å². The molecule has 1 saturated carbocycles. The van der Waals surface area contributed by atoms with Gasteiger partial charge in [-0.3, -0.25) is 14.9 Å². The van der Waals surface area contributed by atoms with E-state index in [0.29, 0.717) is 11.3 Å². The van der Waals surface area contributed by atoms with Crippen molar-refractivity contribution < 1.29 is 27.3 Å². The zero-order valence-corrected chi connectivity index (χ0v) is 23.9. The van der Waals surface area contributed by atoms with Gasteiger partial charge in [0.25, 0.3) is 5.91 Å². The van der Waals surface area contributed by atoms with Crippen LogP contribution in [0.5, 0.6) is 5.75 Å². The van der Waals surface area contributed by atoms with Gasteiger partial charge in [0.1, 0.15) is 10.7 Å². The number of methoxy groups -OCH3 is 1. The van der Waals surface area contributed by atoms with Crippen molar-refractivity contribution in [2.75, 3.05) is 19.2 Å². The van der Waals surface area contributed by atoms with Crippen LogP contribution in [0.2, 0.25) is 0 Å². The largest absolute Gasteiger partial charge is 0.497 e. The maximum atomic E-state index is 13.7. The fourth-order valence-electron chi connectivity index (χ4n) is 4.62. The number of sulfonamides is 1. The molecule has 41 heavy (non-hydrogen) atoms. The zero-order chi connectivity index (χ0) is 29.1. The van der Waals surface area contributed by atoms with E-state index in [4.69, 9.17) is 9.15 Å². The molecule has 0 atom stereocenters. The van der Waals surface area contributed by atoms with Crippen LogP contribution in [0.3, 0.4) is 0 Å². The van der Waals surface area contributed by atoms with Gasteiger partial charge >= 0.3 is 5.88 Å². The highest BCUT2D eigenvalue weighted by atomic mass is 32.2. The maximum Gasteiger partial charge on any atom is 0.433 e. The lowest BCUT2D eigenvalue weighted by Crippen LogP contribution is -2.38. The van der Waals surface area contributed by atoms with E-state index in [2.05, 4.69) is 10.1 Å². The van der Waals surface area contributed by atoms with E-state index in [9.17, 15) is 23.3 Å². The minimum absolute atomic E-state index is 0.0463. The first-order valence-corrected chi connectivity index (χ1v) is 15.1. The molecule has 1 fully saturated rings. The topological polar surface area (TPSA) is 148 Å². The van der Waals surface area contributed by atoms with Crippen LogP contribution in [0.4, 0.5) is 11.0 Å². The highest BCUT2D eigenvalue weighted by molar-refractivity contribution is 7.89. The predicted molar refractivity (Wildman–Crippen MR) is 154 cm³/mol. The van der Waals surface area contributed by atoms with Gasteiger partial charge < -0.3 is 9.15 Å². The normalized spacial score (nSPS) is 14.6. The third-order valence-corrected chi connectivity index (χ3v) is 9.84. The summed E-state index contributed by atoms with van der Waals surface area (Å²) in [4.78, 5) is 28.6. The molecular formula is C27H27N5O7S2. The number of hydrogen-bond acceptors (Lipinski definition) is 10. The van der Waals surface area contributed by atoms with Crippen LogP contribution in [-0.4, -0.2) is 55.0 Å². The van der Waals surface area contributed by atoms with Gasteiger partial charge in [0, 0.05) is 18.7 Å². The number of carbonyl (C=O) groups excluding carboxylic acids is 1. The number of carbonyl (C=O) groups is 1. The van der Waals surface area contributed by atoms with E-state index in [0.717, 1.165) is 41.8 Å².